The lowest BCUT2D eigenvalue weighted by Crippen LogP contribution is -2.40. The van der Waals surface area contributed by atoms with Crippen molar-refractivity contribution in [2.75, 3.05) is 31.6 Å². The second-order valence-corrected chi connectivity index (χ2v) is 7.30. The molecule has 0 spiro atoms. The van der Waals surface area contributed by atoms with Gasteiger partial charge in [-0.05, 0) is 36.1 Å². The van der Waals surface area contributed by atoms with Crippen molar-refractivity contribution in [2.24, 2.45) is 0 Å². The van der Waals surface area contributed by atoms with Gasteiger partial charge in [0.1, 0.15) is 5.82 Å². The zero-order valence-electron chi connectivity index (χ0n) is 14.2. The second-order valence-electron chi connectivity index (χ2n) is 7.30. The summed E-state index contributed by atoms with van der Waals surface area (Å²) in [7, 11) is 0. The smallest absolute Gasteiger partial charge is 0.128 e. The van der Waals surface area contributed by atoms with Crippen LogP contribution in [0.2, 0.25) is 0 Å². The summed E-state index contributed by atoms with van der Waals surface area (Å²) < 4.78 is 19.9. The number of ether oxygens (including phenoxy) is 1. The molecular weight excluding hydrogens is 315 g/mol. The molecule has 3 atom stereocenters. The molecule has 2 aromatic carbocycles. The maximum atomic E-state index is 14.4. The quantitative estimate of drug-likeness (QED) is 0.886. The maximum Gasteiger partial charge on any atom is 0.128 e. The van der Waals surface area contributed by atoms with Crippen LogP contribution in [0.1, 0.15) is 47.5 Å². The number of hydrogen-bond acceptors (Lipinski definition) is 3. The van der Waals surface area contributed by atoms with Gasteiger partial charge in [-0.1, -0.05) is 30.3 Å². The number of hydrogen-bond donors (Lipinski definition) is 1. The second kappa shape index (κ2) is 6.11. The monoisotopic (exact) mass is 338 g/mol. The summed E-state index contributed by atoms with van der Waals surface area (Å²) in [4.78, 5) is 2.56. The van der Waals surface area contributed by atoms with Crippen molar-refractivity contribution in [2.45, 2.75) is 30.8 Å². The fourth-order valence-electron chi connectivity index (χ4n) is 4.94. The van der Waals surface area contributed by atoms with Crippen LogP contribution in [0.25, 0.3) is 0 Å². The molecule has 0 aromatic heterocycles. The molecule has 4 heteroatoms. The van der Waals surface area contributed by atoms with Crippen LogP contribution in [0, 0.1) is 5.82 Å². The Morgan fingerprint density at radius 2 is 1.76 bits per heavy atom. The van der Waals surface area contributed by atoms with Gasteiger partial charge >= 0.3 is 0 Å². The normalized spacial score (nSPS) is 28.4. The molecule has 0 amide bonds. The van der Waals surface area contributed by atoms with E-state index in [0.29, 0.717) is 12.0 Å². The lowest BCUT2D eigenvalue weighted by Gasteiger charge is -2.39. The maximum absolute atomic E-state index is 14.4. The fraction of sp³-hybridized carbons (Fsp3) is 0.429. The summed E-state index contributed by atoms with van der Waals surface area (Å²) >= 11 is 0. The van der Waals surface area contributed by atoms with Crippen LogP contribution >= 0.6 is 0 Å². The highest BCUT2D eigenvalue weighted by atomic mass is 19.1. The number of morpholine rings is 1. The van der Waals surface area contributed by atoms with Gasteiger partial charge in [0.05, 0.1) is 19.3 Å². The summed E-state index contributed by atoms with van der Waals surface area (Å²) in [5, 5.41) is 3.61. The SMILES string of the molecule is Fc1ccccc1C1Nc2cccc3c2C1CCC3N1CCOCC1. The van der Waals surface area contributed by atoms with Gasteiger partial charge in [0.15, 0.2) is 0 Å². The first-order valence-corrected chi connectivity index (χ1v) is 9.28. The van der Waals surface area contributed by atoms with Gasteiger partial charge < -0.3 is 10.1 Å². The molecule has 130 valence electrons. The molecule has 1 N–H and O–H groups in total. The highest BCUT2D eigenvalue weighted by Crippen LogP contribution is 2.54. The Hall–Kier alpha value is -1.91. The molecule has 3 aliphatic rings. The van der Waals surface area contributed by atoms with Crippen molar-refractivity contribution in [3.8, 4) is 0 Å². The Balaban J connectivity index is 1.53. The van der Waals surface area contributed by atoms with Gasteiger partial charge in [0.2, 0.25) is 0 Å². The van der Waals surface area contributed by atoms with E-state index in [-0.39, 0.29) is 11.9 Å². The highest BCUT2D eigenvalue weighted by molar-refractivity contribution is 5.65. The lowest BCUT2D eigenvalue weighted by atomic mass is 9.76. The average Bonchev–Trinajstić information content (AvgIpc) is 3.04. The molecule has 0 radical (unpaired) electrons. The molecular formula is C21H23FN2O. The molecule has 2 aromatic rings. The summed E-state index contributed by atoms with van der Waals surface area (Å²) in [6.45, 7) is 3.66. The van der Waals surface area contributed by atoms with Crippen molar-refractivity contribution in [3.63, 3.8) is 0 Å². The van der Waals surface area contributed by atoms with Crippen molar-refractivity contribution < 1.29 is 9.13 Å². The molecule has 5 rings (SSSR count). The number of nitrogens with zero attached hydrogens (tertiary/aromatic N) is 1. The predicted molar refractivity (Wildman–Crippen MR) is 96.3 cm³/mol. The first-order chi connectivity index (χ1) is 12.3. The molecule has 25 heavy (non-hydrogen) atoms. The minimum atomic E-state index is -0.107. The number of halogens is 1. The summed E-state index contributed by atoms with van der Waals surface area (Å²) in [6.07, 6.45) is 2.23. The molecule has 1 aliphatic carbocycles. The Labute approximate surface area is 147 Å². The van der Waals surface area contributed by atoms with Crippen LogP contribution in [0.5, 0.6) is 0 Å². The van der Waals surface area contributed by atoms with E-state index in [2.05, 4.69) is 28.4 Å². The van der Waals surface area contributed by atoms with Gasteiger partial charge in [-0.3, -0.25) is 4.90 Å². The standard InChI is InChI=1S/C21H23FN2O/c22-17-6-2-1-4-14(17)21-16-8-9-19(24-10-12-25-13-11-24)15-5-3-7-18(23-21)20(15)16/h1-7,16,19,21,23H,8-13H2. The summed E-state index contributed by atoms with van der Waals surface area (Å²) in [6, 6.07) is 14.3. The fourth-order valence-corrected chi connectivity index (χ4v) is 4.94. The van der Waals surface area contributed by atoms with Gasteiger partial charge in [-0.25, -0.2) is 4.39 Å². The third-order valence-corrected chi connectivity index (χ3v) is 6.06. The van der Waals surface area contributed by atoms with Crippen LogP contribution in [0.4, 0.5) is 10.1 Å². The molecule has 0 bridgehead atoms. The first-order valence-electron chi connectivity index (χ1n) is 9.28. The largest absolute Gasteiger partial charge is 0.379 e. The Bertz CT molecular complexity index is 787. The van der Waals surface area contributed by atoms with Crippen LogP contribution in [0.15, 0.2) is 42.5 Å². The molecule has 0 saturated carbocycles. The van der Waals surface area contributed by atoms with E-state index in [1.807, 2.05) is 12.1 Å². The van der Waals surface area contributed by atoms with Crippen molar-refractivity contribution in [1.29, 1.82) is 0 Å². The van der Waals surface area contributed by atoms with Crippen LogP contribution < -0.4 is 5.32 Å². The summed E-state index contributed by atoms with van der Waals surface area (Å²) in [5.41, 5.74) is 4.83. The molecule has 2 heterocycles. The zero-order valence-corrected chi connectivity index (χ0v) is 14.2. The van der Waals surface area contributed by atoms with E-state index in [1.165, 1.54) is 16.8 Å². The molecule has 3 nitrogen and oxygen atoms in total. The van der Waals surface area contributed by atoms with Gasteiger partial charge in [-0.2, -0.15) is 0 Å². The molecule has 1 saturated heterocycles. The first kappa shape index (κ1) is 15.4. The van der Waals surface area contributed by atoms with Crippen LogP contribution in [-0.4, -0.2) is 31.2 Å². The minimum absolute atomic E-state index is 0.0444. The molecule has 3 unspecified atom stereocenters. The zero-order chi connectivity index (χ0) is 16.8. The van der Waals surface area contributed by atoms with Crippen LogP contribution in [-0.2, 0) is 4.74 Å². The predicted octanol–water partition coefficient (Wildman–Crippen LogP) is 4.24. The highest BCUT2D eigenvalue weighted by Gasteiger charge is 2.41. The Morgan fingerprint density at radius 1 is 0.960 bits per heavy atom. The van der Waals surface area contributed by atoms with Crippen molar-refractivity contribution >= 4 is 5.69 Å². The number of anilines is 1. The third kappa shape index (κ3) is 2.47. The molecule has 1 fully saturated rings. The van der Waals surface area contributed by atoms with Crippen LogP contribution in [0.3, 0.4) is 0 Å². The van der Waals surface area contributed by atoms with Crippen molar-refractivity contribution in [3.05, 3.63) is 65.0 Å². The van der Waals surface area contributed by atoms with Crippen molar-refractivity contribution in [1.82, 2.24) is 4.90 Å². The van der Waals surface area contributed by atoms with Gasteiger partial charge in [-0.15, -0.1) is 0 Å². The van der Waals surface area contributed by atoms with E-state index in [1.54, 1.807) is 12.1 Å². The molecule has 2 aliphatic heterocycles. The summed E-state index contributed by atoms with van der Waals surface area (Å²) in [5.74, 6) is 0.255. The van der Waals surface area contributed by atoms with E-state index in [4.69, 9.17) is 4.74 Å². The number of rotatable bonds is 2. The average molecular weight is 338 g/mol. The Morgan fingerprint density at radius 3 is 2.60 bits per heavy atom. The number of nitrogens with one attached hydrogen (secondary N) is 1. The van der Waals surface area contributed by atoms with E-state index < -0.39 is 0 Å². The van der Waals surface area contributed by atoms with Gasteiger partial charge in [0.25, 0.3) is 0 Å². The minimum Gasteiger partial charge on any atom is -0.379 e. The van der Waals surface area contributed by atoms with E-state index in [9.17, 15) is 4.39 Å². The van der Waals surface area contributed by atoms with Gasteiger partial charge in [0, 0.05) is 36.3 Å². The third-order valence-electron chi connectivity index (χ3n) is 6.06. The van der Waals surface area contributed by atoms with E-state index in [0.717, 1.165) is 44.7 Å². The van der Waals surface area contributed by atoms with E-state index >= 15 is 0 Å². The topological polar surface area (TPSA) is 24.5 Å². The Kier molecular flexibility index (Phi) is 3.75. The number of benzene rings is 2. The lowest BCUT2D eigenvalue weighted by molar-refractivity contribution is 0.0116.